The second kappa shape index (κ2) is 7.88. The number of esters is 1. The first-order valence-electron chi connectivity index (χ1n) is 9.80. The Balaban J connectivity index is 1.87. The molecule has 1 aromatic heterocycles. The van der Waals surface area contributed by atoms with Gasteiger partial charge >= 0.3 is 12.0 Å². The van der Waals surface area contributed by atoms with Gasteiger partial charge in [-0.25, -0.2) is 14.6 Å². The summed E-state index contributed by atoms with van der Waals surface area (Å²) in [5.74, 6) is -0.395. The molecule has 150 valence electrons. The summed E-state index contributed by atoms with van der Waals surface area (Å²) < 4.78 is 4.92. The summed E-state index contributed by atoms with van der Waals surface area (Å²) in [4.78, 5) is 37.5. The number of nitrogens with one attached hydrogen (secondary N) is 2. The lowest BCUT2D eigenvalue weighted by atomic mass is 9.79. The average Bonchev–Trinajstić information content (AvgIpc) is 3.17. The lowest BCUT2D eigenvalue weighted by molar-refractivity contribution is -0.144. The second-order valence-electron chi connectivity index (χ2n) is 7.80. The van der Waals surface area contributed by atoms with Crippen LogP contribution < -0.4 is 5.32 Å². The summed E-state index contributed by atoms with van der Waals surface area (Å²) in [6.45, 7) is 6.38. The highest BCUT2D eigenvalue weighted by Crippen LogP contribution is 2.42. The number of H-pyrrole nitrogens is 1. The monoisotopic (exact) mass is 377 g/mol. The standard InChI is InChI=1S/C19H31N5O3/c1-5-13(2)15(17(25)27-4)22-18(26)24-9-6-14-16(21-12-20-14)19(24)7-10-23(3)11-8-19/h12-13,15H,5-11H2,1-4H3,(H,20,21)(H,22,26)/t13-,15-/m1/s1. The van der Waals surface area contributed by atoms with Crippen LogP contribution in [0.25, 0.3) is 0 Å². The maximum absolute atomic E-state index is 13.3. The maximum Gasteiger partial charge on any atom is 0.328 e. The highest BCUT2D eigenvalue weighted by molar-refractivity contribution is 5.84. The van der Waals surface area contributed by atoms with Crippen LogP contribution in [0.3, 0.4) is 0 Å². The van der Waals surface area contributed by atoms with E-state index in [0.29, 0.717) is 6.54 Å². The molecule has 1 aromatic rings. The van der Waals surface area contributed by atoms with Crippen molar-refractivity contribution in [3.63, 3.8) is 0 Å². The highest BCUT2D eigenvalue weighted by atomic mass is 16.5. The average molecular weight is 377 g/mol. The van der Waals surface area contributed by atoms with E-state index >= 15 is 0 Å². The van der Waals surface area contributed by atoms with E-state index < -0.39 is 17.6 Å². The first-order chi connectivity index (χ1) is 12.9. The largest absolute Gasteiger partial charge is 0.467 e. The Morgan fingerprint density at radius 2 is 2.07 bits per heavy atom. The van der Waals surface area contributed by atoms with E-state index in [1.165, 1.54) is 7.11 Å². The molecule has 0 aromatic carbocycles. The molecular formula is C19H31N5O3. The van der Waals surface area contributed by atoms with Gasteiger partial charge < -0.3 is 24.8 Å². The van der Waals surface area contributed by atoms with Crippen molar-refractivity contribution in [2.45, 2.75) is 51.1 Å². The van der Waals surface area contributed by atoms with Gasteiger partial charge in [-0.05, 0) is 25.8 Å². The van der Waals surface area contributed by atoms with Crippen LogP contribution in [-0.4, -0.2) is 71.6 Å². The second-order valence-corrected chi connectivity index (χ2v) is 7.80. The van der Waals surface area contributed by atoms with Crippen molar-refractivity contribution >= 4 is 12.0 Å². The lowest BCUT2D eigenvalue weighted by Gasteiger charge is -2.50. The third-order valence-electron chi connectivity index (χ3n) is 6.27. The van der Waals surface area contributed by atoms with Gasteiger partial charge in [0.15, 0.2) is 0 Å². The molecule has 3 rings (SSSR count). The summed E-state index contributed by atoms with van der Waals surface area (Å²) in [5.41, 5.74) is 1.69. The fraction of sp³-hybridized carbons (Fsp3) is 0.737. The number of hydrogen-bond acceptors (Lipinski definition) is 5. The summed E-state index contributed by atoms with van der Waals surface area (Å²) in [6, 6.07) is -0.847. The Hall–Kier alpha value is -2.09. The molecule has 1 spiro atoms. The van der Waals surface area contributed by atoms with Gasteiger partial charge in [-0.15, -0.1) is 0 Å². The Kier molecular flexibility index (Phi) is 5.74. The van der Waals surface area contributed by atoms with Crippen molar-refractivity contribution in [3.05, 3.63) is 17.7 Å². The maximum atomic E-state index is 13.3. The molecule has 0 unspecified atom stereocenters. The number of ether oxygens (including phenoxy) is 1. The van der Waals surface area contributed by atoms with Gasteiger partial charge in [0.1, 0.15) is 6.04 Å². The van der Waals surface area contributed by atoms with Crippen molar-refractivity contribution in [2.75, 3.05) is 33.8 Å². The topological polar surface area (TPSA) is 90.6 Å². The molecule has 2 aliphatic rings. The minimum absolute atomic E-state index is 0.000532. The number of fused-ring (bicyclic) bond motifs is 2. The van der Waals surface area contributed by atoms with E-state index in [4.69, 9.17) is 4.74 Å². The number of rotatable bonds is 4. The first-order valence-corrected chi connectivity index (χ1v) is 9.80. The summed E-state index contributed by atoms with van der Waals surface area (Å²) in [7, 11) is 3.46. The van der Waals surface area contributed by atoms with Gasteiger partial charge in [-0.3, -0.25) is 0 Å². The zero-order valence-corrected chi connectivity index (χ0v) is 16.7. The number of aromatic nitrogens is 2. The smallest absolute Gasteiger partial charge is 0.328 e. The normalized spacial score (nSPS) is 21.4. The van der Waals surface area contributed by atoms with Crippen LogP contribution >= 0.6 is 0 Å². The van der Waals surface area contributed by atoms with Crippen LogP contribution in [-0.2, 0) is 21.5 Å². The Morgan fingerprint density at radius 1 is 1.37 bits per heavy atom. The predicted molar refractivity (Wildman–Crippen MR) is 101 cm³/mol. The fourth-order valence-electron chi connectivity index (χ4n) is 4.28. The van der Waals surface area contributed by atoms with Crippen LogP contribution in [0.1, 0.15) is 44.5 Å². The molecule has 2 amide bonds. The first kappa shape index (κ1) is 19.7. The molecular weight excluding hydrogens is 346 g/mol. The van der Waals surface area contributed by atoms with Crippen LogP contribution in [0.2, 0.25) is 0 Å². The van der Waals surface area contributed by atoms with Crippen molar-refractivity contribution in [3.8, 4) is 0 Å². The molecule has 0 radical (unpaired) electrons. The molecule has 0 bridgehead atoms. The summed E-state index contributed by atoms with van der Waals surface area (Å²) in [6.07, 6.45) is 4.91. The molecule has 2 aliphatic heterocycles. The van der Waals surface area contributed by atoms with Crippen LogP contribution in [0, 0.1) is 5.92 Å². The number of piperidine rings is 1. The number of aromatic amines is 1. The van der Waals surface area contributed by atoms with E-state index in [9.17, 15) is 9.59 Å². The minimum atomic E-state index is -0.642. The van der Waals surface area contributed by atoms with Gasteiger partial charge in [0.2, 0.25) is 0 Å². The Morgan fingerprint density at radius 3 is 2.70 bits per heavy atom. The van der Waals surface area contributed by atoms with Crippen LogP contribution in [0.15, 0.2) is 6.33 Å². The van der Waals surface area contributed by atoms with Crippen LogP contribution in [0.5, 0.6) is 0 Å². The number of carbonyl (C=O) groups excluding carboxylic acids is 2. The third kappa shape index (κ3) is 3.54. The Labute approximate surface area is 160 Å². The lowest BCUT2D eigenvalue weighted by Crippen LogP contribution is -2.62. The fourth-order valence-corrected chi connectivity index (χ4v) is 4.28. The molecule has 0 aliphatic carbocycles. The van der Waals surface area contributed by atoms with E-state index in [2.05, 4.69) is 27.2 Å². The molecule has 1 fully saturated rings. The van der Waals surface area contributed by atoms with Gasteiger partial charge in [0.25, 0.3) is 0 Å². The molecule has 2 N–H and O–H groups in total. The number of methoxy groups -OCH3 is 1. The van der Waals surface area contributed by atoms with Crippen LogP contribution in [0.4, 0.5) is 4.79 Å². The van der Waals surface area contributed by atoms with E-state index in [1.807, 2.05) is 18.7 Å². The van der Waals surface area contributed by atoms with E-state index in [-0.39, 0.29) is 11.9 Å². The highest BCUT2D eigenvalue weighted by Gasteiger charge is 2.49. The van der Waals surface area contributed by atoms with Gasteiger partial charge in [-0.1, -0.05) is 20.3 Å². The molecule has 8 nitrogen and oxygen atoms in total. The Bertz CT molecular complexity index is 681. The molecule has 2 atom stereocenters. The zero-order valence-electron chi connectivity index (χ0n) is 16.7. The third-order valence-corrected chi connectivity index (χ3v) is 6.27. The zero-order chi connectivity index (χ0) is 19.6. The number of carbonyl (C=O) groups is 2. The molecule has 27 heavy (non-hydrogen) atoms. The summed E-state index contributed by atoms with van der Waals surface area (Å²) in [5, 5.41) is 2.95. The van der Waals surface area contributed by atoms with E-state index in [1.54, 1.807) is 6.33 Å². The SMILES string of the molecule is CC[C@@H](C)[C@@H](NC(=O)N1CCc2[nH]cnc2C12CCN(C)CC2)C(=O)OC. The number of likely N-dealkylation sites (tertiary alicyclic amines) is 1. The number of urea groups is 1. The van der Waals surface area contributed by atoms with Crippen molar-refractivity contribution in [1.82, 2.24) is 25.1 Å². The van der Waals surface area contributed by atoms with Gasteiger partial charge in [0.05, 0.1) is 24.7 Å². The molecule has 0 saturated carbocycles. The molecule has 1 saturated heterocycles. The predicted octanol–water partition coefficient (Wildman–Crippen LogP) is 1.49. The molecule has 8 heteroatoms. The van der Waals surface area contributed by atoms with Crippen molar-refractivity contribution in [2.24, 2.45) is 5.92 Å². The quantitative estimate of drug-likeness (QED) is 0.776. The minimum Gasteiger partial charge on any atom is -0.467 e. The van der Waals surface area contributed by atoms with Crippen molar-refractivity contribution in [1.29, 1.82) is 0 Å². The number of nitrogens with zero attached hydrogens (tertiary/aromatic N) is 3. The van der Waals surface area contributed by atoms with Gasteiger partial charge in [-0.2, -0.15) is 0 Å². The number of hydrogen-bond donors (Lipinski definition) is 2. The number of amides is 2. The van der Waals surface area contributed by atoms with Gasteiger partial charge in [0, 0.05) is 31.7 Å². The van der Waals surface area contributed by atoms with E-state index in [0.717, 1.165) is 50.2 Å². The number of imidazole rings is 1. The molecule has 3 heterocycles. The summed E-state index contributed by atoms with van der Waals surface area (Å²) >= 11 is 0. The van der Waals surface area contributed by atoms with Crippen molar-refractivity contribution < 1.29 is 14.3 Å².